The number of imidazole rings is 1. The van der Waals surface area contributed by atoms with Crippen molar-refractivity contribution in [3.63, 3.8) is 0 Å². The second-order valence-corrected chi connectivity index (χ2v) is 4.41. The summed E-state index contributed by atoms with van der Waals surface area (Å²) in [4.78, 5) is 8.27. The molecule has 0 spiro atoms. The van der Waals surface area contributed by atoms with E-state index in [9.17, 15) is 0 Å². The van der Waals surface area contributed by atoms with Crippen molar-refractivity contribution in [3.8, 4) is 0 Å². The highest BCUT2D eigenvalue weighted by Crippen LogP contribution is 2.00. The van der Waals surface area contributed by atoms with Gasteiger partial charge in [-0.1, -0.05) is 19.0 Å². The smallest absolute Gasteiger partial charge is 0.213 e. The summed E-state index contributed by atoms with van der Waals surface area (Å²) in [5.41, 5.74) is 1.02. The van der Waals surface area contributed by atoms with Gasteiger partial charge in [0.1, 0.15) is 0 Å². The van der Waals surface area contributed by atoms with Crippen molar-refractivity contribution in [1.82, 2.24) is 25.0 Å². The van der Waals surface area contributed by atoms with Gasteiger partial charge in [0.15, 0.2) is 5.82 Å². The summed E-state index contributed by atoms with van der Waals surface area (Å²) in [7, 11) is 0. The molecule has 17 heavy (non-hydrogen) atoms. The summed E-state index contributed by atoms with van der Waals surface area (Å²) in [5, 5.41) is 7.10. The van der Waals surface area contributed by atoms with Crippen LogP contribution in [0.15, 0.2) is 23.4 Å². The van der Waals surface area contributed by atoms with Crippen LogP contribution in [0, 0.1) is 5.92 Å². The molecule has 6 heteroatoms. The van der Waals surface area contributed by atoms with Gasteiger partial charge in [-0.2, -0.15) is 4.98 Å². The Balaban J connectivity index is 1.83. The molecule has 0 aliphatic rings. The Hall–Kier alpha value is -1.69. The minimum absolute atomic E-state index is 0.591. The highest BCUT2D eigenvalue weighted by molar-refractivity contribution is 4.98. The maximum atomic E-state index is 4.68. The van der Waals surface area contributed by atoms with Crippen molar-refractivity contribution in [3.05, 3.63) is 30.4 Å². The fourth-order valence-corrected chi connectivity index (χ4v) is 1.50. The molecule has 0 unspecified atom stereocenters. The van der Waals surface area contributed by atoms with Gasteiger partial charge < -0.3 is 14.4 Å². The molecule has 2 aromatic rings. The van der Waals surface area contributed by atoms with Crippen molar-refractivity contribution >= 4 is 0 Å². The number of nitrogens with zero attached hydrogens (tertiary/aromatic N) is 4. The second-order valence-electron chi connectivity index (χ2n) is 4.41. The predicted molar refractivity (Wildman–Crippen MR) is 62.2 cm³/mol. The summed E-state index contributed by atoms with van der Waals surface area (Å²) in [6.45, 7) is 6.74. The van der Waals surface area contributed by atoms with E-state index in [-0.39, 0.29) is 0 Å². The van der Waals surface area contributed by atoms with E-state index < -0.39 is 0 Å². The van der Waals surface area contributed by atoms with Crippen molar-refractivity contribution in [2.45, 2.75) is 26.9 Å². The Labute approximate surface area is 100 Å². The molecule has 0 saturated heterocycles. The Kier molecular flexibility index (Phi) is 3.87. The van der Waals surface area contributed by atoms with Crippen LogP contribution >= 0.6 is 0 Å². The fourth-order valence-electron chi connectivity index (χ4n) is 1.50. The molecule has 0 atom stereocenters. The molecular weight excluding hydrogens is 218 g/mol. The molecule has 2 aromatic heterocycles. The monoisotopic (exact) mass is 235 g/mol. The third kappa shape index (κ3) is 3.67. The number of aromatic nitrogens is 4. The molecule has 0 amide bonds. The molecule has 0 saturated carbocycles. The quantitative estimate of drug-likeness (QED) is 0.810. The van der Waals surface area contributed by atoms with Gasteiger partial charge in [0.05, 0.1) is 18.6 Å². The van der Waals surface area contributed by atoms with Crippen LogP contribution in [0.1, 0.15) is 25.4 Å². The van der Waals surface area contributed by atoms with Gasteiger partial charge >= 0.3 is 0 Å². The third-order valence-electron chi connectivity index (χ3n) is 2.28. The molecule has 2 rings (SSSR count). The van der Waals surface area contributed by atoms with E-state index in [0.717, 1.165) is 18.8 Å². The summed E-state index contributed by atoms with van der Waals surface area (Å²) in [5.74, 6) is 1.31. The van der Waals surface area contributed by atoms with E-state index in [4.69, 9.17) is 0 Å². The van der Waals surface area contributed by atoms with E-state index in [0.29, 0.717) is 18.3 Å². The second kappa shape index (κ2) is 5.58. The van der Waals surface area contributed by atoms with Crippen LogP contribution in [0.2, 0.25) is 0 Å². The highest BCUT2D eigenvalue weighted by Gasteiger charge is 2.02. The van der Waals surface area contributed by atoms with Crippen LogP contribution in [0.5, 0.6) is 0 Å². The number of hydrogen-bond acceptors (Lipinski definition) is 5. The summed E-state index contributed by atoms with van der Waals surface area (Å²) < 4.78 is 6.62. The third-order valence-corrected chi connectivity index (χ3v) is 2.28. The van der Waals surface area contributed by atoms with Crippen LogP contribution < -0.4 is 5.32 Å². The molecule has 0 aliphatic carbocycles. The minimum Gasteiger partial charge on any atom is -0.343 e. The maximum Gasteiger partial charge on any atom is 0.213 e. The largest absolute Gasteiger partial charge is 0.343 e. The molecule has 1 N–H and O–H groups in total. The summed E-state index contributed by atoms with van der Waals surface area (Å²) >= 11 is 0. The van der Waals surface area contributed by atoms with E-state index in [2.05, 4.69) is 38.8 Å². The lowest BCUT2D eigenvalue weighted by atomic mass is 10.2. The average molecular weight is 235 g/mol. The number of nitrogens with one attached hydrogen (secondary N) is 1. The molecule has 0 radical (unpaired) electrons. The molecule has 6 nitrogen and oxygen atoms in total. The van der Waals surface area contributed by atoms with Crippen LogP contribution in [-0.2, 0) is 13.1 Å². The highest BCUT2D eigenvalue weighted by atomic mass is 16.5. The van der Waals surface area contributed by atoms with Crippen LogP contribution in [0.4, 0.5) is 0 Å². The molecule has 0 aliphatic heterocycles. The first-order chi connectivity index (χ1) is 8.24. The Morgan fingerprint density at radius 1 is 1.41 bits per heavy atom. The van der Waals surface area contributed by atoms with Crippen molar-refractivity contribution in [2.75, 3.05) is 6.54 Å². The maximum absolute atomic E-state index is 4.68. The lowest BCUT2D eigenvalue weighted by Gasteiger charge is -2.04. The normalized spacial score (nSPS) is 11.2. The molecule has 0 bridgehead atoms. The van der Waals surface area contributed by atoms with Gasteiger partial charge in [0.25, 0.3) is 0 Å². The lowest BCUT2D eigenvalue weighted by Crippen LogP contribution is -2.19. The Bertz CT molecular complexity index is 434. The summed E-state index contributed by atoms with van der Waals surface area (Å²) in [6, 6.07) is 0. The zero-order chi connectivity index (χ0) is 12.1. The molecule has 0 aromatic carbocycles. The first kappa shape index (κ1) is 11.8. The predicted octanol–water partition coefficient (Wildman–Crippen LogP) is 1.06. The van der Waals surface area contributed by atoms with Crippen molar-refractivity contribution in [1.29, 1.82) is 0 Å². The molecule has 0 fully saturated rings. The van der Waals surface area contributed by atoms with E-state index in [1.165, 1.54) is 6.39 Å². The van der Waals surface area contributed by atoms with E-state index >= 15 is 0 Å². The zero-order valence-corrected chi connectivity index (χ0v) is 10.1. The van der Waals surface area contributed by atoms with E-state index in [1.807, 2.05) is 10.8 Å². The minimum atomic E-state index is 0.591. The number of rotatable bonds is 6. The van der Waals surface area contributed by atoms with Crippen LogP contribution in [-0.4, -0.2) is 26.2 Å². The van der Waals surface area contributed by atoms with Gasteiger partial charge in [-0.25, -0.2) is 4.98 Å². The molecular formula is C11H17N5O. The van der Waals surface area contributed by atoms with Gasteiger partial charge in [-0.05, 0) is 12.5 Å². The Morgan fingerprint density at radius 2 is 2.29 bits per heavy atom. The van der Waals surface area contributed by atoms with Crippen LogP contribution in [0.25, 0.3) is 0 Å². The van der Waals surface area contributed by atoms with Crippen molar-refractivity contribution < 1.29 is 4.52 Å². The summed E-state index contributed by atoms with van der Waals surface area (Å²) in [6.07, 6.45) is 5.10. The van der Waals surface area contributed by atoms with E-state index in [1.54, 1.807) is 6.33 Å². The molecule has 92 valence electrons. The Morgan fingerprint density at radius 3 is 3.00 bits per heavy atom. The topological polar surface area (TPSA) is 68.8 Å². The standard InChI is InChI=1S/C11H17N5O/c1-9(2)3-12-4-10-5-16(7-13-10)6-11-14-8-17-15-11/h5,7-9,12H,3-4,6H2,1-2H3. The van der Waals surface area contributed by atoms with Gasteiger partial charge in [0.2, 0.25) is 6.39 Å². The van der Waals surface area contributed by atoms with Crippen LogP contribution in [0.3, 0.4) is 0 Å². The SMILES string of the molecule is CC(C)CNCc1cn(Cc2ncon2)cn1. The van der Waals surface area contributed by atoms with Gasteiger partial charge in [-0.3, -0.25) is 0 Å². The lowest BCUT2D eigenvalue weighted by molar-refractivity contribution is 0.408. The van der Waals surface area contributed by atoms with Gasteiger partial charge in [0, 0.05) is 12.7 Å². The van der Waals surface area contributed by atoms with Crippen molar-refractivity contribution in [2.24, 2.45) is 5.92 Å². The number of hydrogen-bond donors (Lipinski definition) is 1. The molecule has 2 heterocycles. The first-order valence-electron chi connectivity index (χ1n) is 5.70. The average Bonchev–Trinajstić information content (AvgIpc) is 2.90. The first-order valence-corrected chi connectivity index (χ1v) is 5.70. The fraction of sp³-hybridized carbons (Fsp3) is 0.545. The zero-order valence-electron chi connectivity index (χ0n) is 10.1. The van der Waals surface area contributed by atoms with Gasteiger partial charge in [-0.15, -0.1) is 0 Å².